The minimum Gasteiger partial charge on any atom is -0.481 e. The lowest BCUT2D eigenvalue weighted by atomic mass is 9.87. The molecule has 0 bridgehead atoms. The van der Waals surface area contributed by atoms with Gasteiger partial charge in [0.05, 0.1) is 6.42 Å². The number of thiophene rings is 1. The maximum absolute atomic E-state index is 12.1. The normalized spacial score (nSPS) is 14.3. The minimum atomic E-state index is -3.63. The van der Waals surface area contributed by atoms with Gasteiger partial charge in [0.15, 0.2) is 0 Å². The molecule has 0 spiro atoms. The fourth-order valence-corrected chi connectivity index (χ4v) is 4.04. The second-order valence-electron chi connectivity index (χ2n) is 5.61. The van der Waals surface area contributed by atoms with Gasteiger partial charge in [0.1, 0.15) is 4.21 Å². The Labute approximate surface area is 117 Å². The van der Waals surface area contributed by atoms with E-state index in [4.69, 9.17) is 5.11 Å². The molecule has 108 valence electrons. The summed E-state index contributed by atoms with van der Waals surface area (Å²) < 4.78 is 26.8. The summed E-state index contributed by atoms with van der Waals surface area (Å²) in [7, 11) is -3.63. The highest BCUT2D eigenvalue weighted by atomic mass is 32.2. The quantitative estimate of drug-likeness (QED) is 0.844. The summed E-state index contributed by atoms with van der Waals surface area (Å²) in [4.78, 5) is 10.8. The predicted molar refractivity (Wildman–Crippen MR) is 74.8 cm³/mol. The molecule has 7 heteroatoms. The van der Waals surface area contributed by atoms with Gasteiger partial charge in [-0.1, -0.05) is 26.8 Å². The Morgan fingerprint density at radius 2 is 2.11 bits per heavy atom. The lowest BCUT2D eigenvalue weighted by Crippen LogP contribution is -2.38. The van der Waals surface area contributed by atoms with Gasteiger partial charge < -0.3 is 5.11 Å². The topological polar surface area (TPSA) is 83.5 Å². The summed E-state index contributed by atoms with van der Waals surface area (Å²) in [5.74, 6) is -1.01. The number of carbonyl (C=O) groups is 1. The van der Waals surface area contributed by atoms with Gasteiger partial charge in [0.2, 0.25) is 10.0 Å². The highest BCUT2D eigenvalue weighted by Gasteiger charge is 2.26. The standard InChI is InChI=1S/C12H19NO4S2/c1-12(2,3)8-9(7-10(14)15)13-19(16,17)11-5-4-6-18-11/h4-6,9,13H,7-8H2,1-3H3,(H,14,15). The monoisotopic (exact) mass is 305 g/mol. The van der Waals surface area contributed by atoms with Crippen LogP contribution < -0.4 is 4.72 Å². The van der Waals surface area contributed by atoms with Crippen molar-refractivity contribution >= 4 is 27.3 Å². The van der Waals surface area contributed by atoms with Gasteiger partial charge >= 0.3 is 5.97 Å². The van der Waals surface area contributed by atoms with E-state index in [-0.39, 0.29) is 16.0 Å². The van der Waals surface area contributed by atoms with Crippen molar-refractivity contribution in [2.75, 3.05) is 0 Å². The summed E-state index contributed by atoms with van der Waals surface area (Å²) >= 11 is 1.11. The lowest BCUT2D eigenvalue weighted by Gasteiger charge is -2.25. The second kappa shape index (κ2) is 6.02. The maximum atomic E-state index is 12.1. The average molecular weight is 305 g/mol. The van der Waals surface area contributed by atoms with E-state index in [1.807, 2.05) is 20.8 Å². The van der Waals surface area contributed by atoms with Crippen LogP contribution in [0, 0.1) is 5.41 Å². The second-order valence-corrected chi connectivity index (χ2v) is 8.50. The molecule has 1 heterocycles. The van der Waals surface area contributed by atoms with Crippen molar-refractivity contribution in [1.29, 1.82) is 0 Å². The Hall–Kier alpha value is -0.920. The number of hydrogen-bond acceptors (Lipinski definition) is 4. The third-order valence-corrected chi connectivity index (χ3v) is 5.28. The minimum absolute atomic E-state index is 0.155. The molecule has 1 aromatic rings. The molecule has 0 saturated carbocycles. The number of hydrogen-bond donors (Lipinski definition) is 2. The Morgan fingerprint density at radius 3 is 2.53 bits per heavy atom. The van der Waals surface area contributed by atoms with E-state index in [1.54, 1.807) is 11.4 Å². The highest BCUT2D eigenvalue weighted by Crippen LogP contribution is 2.24. The number of nitrogens with one attached hydrogen (secondary N) is 1. The van der Waals surface area contributed by atoms with Crippen LogP contribution in [0.2, 0.25) is 0 Å². The fourth-order valence-electron chi connectivity index (χ4n) is 1.80. The van der Waals surface area contributed by atoms with Crippen LogP contribution in [0.25, 0.3) is 0 Å². The van der Waals surface area contributed by atoms with Crippen molar-refractivity contribution in [2.24, 2.45) is 5.41 Å². The summed E-state index contributed by atoms with van der Waals surface area (Å²) in [6, 6.07) is 2.54. The molecular weight excluding hydrogens is 286 g/mol. The summed E-state index contributed by atoms with van der Waals surface area (Å²) in [6.45, 7) is 5.84. The van der Waals surface area contributed by atoms with Gasteiger partial charge in [-0.05, 0) is 23.3 Å². The first-order valence-corrected chi connectivity index (χ1v) is 8.24. The molecule has 0 amide bonds. The smallest absolute Gasteiger partial charge is 0.304 e. The van der Waals surface area contributed by atoms with Crippen LogP contribution in [0.5, 0.6) is 0 Å². The van der Waals surface area contributed by atoms with Crippen LogP contribution in [-0.4, -0.2) is 25.5 Å². The Bertz CT molecular complexity index is 514. The van der Waals surface area contributed by atoms with E-state index in [0.717, 1.165) is 11.3 Å². The van der Waals surface area contributed by atoms with E-state index in [2.05, 4.69) is 4.72 Å². The van der Waals surface area contributed by atoms with Gasteiger partial charge in [-0.2, -0.15) is 0 Å². The van der Waals surface area contributed by atoms with Crippen LogP contribution in [-0.2, 0) is 14.8 Å². The molecule has 1 atom stereocenters. The van der Waals surface area contributed by atoms with E-state index in [1.165, 1.54) is 6.07 Å². The first-order valence-electron chi connectivity index (χ1n) is 5.88. The molecule has 1 rings (SSSR count). The van der Waals surface area contributed by atoms with Crippen molar-refractivity contribution in [2.45, 2.75) is 43.9 Å². The zero-order valence-electron chi connectivity index (χ0n) is 11.2. The predicted octanol–water partition coefficient (Wildman–Crippen LogP) is 2.31. The molecule has 0 aliphatic carbocycles. The Morgan fingerprint density at radius 1 is 1.47 bits per heavy atom. The average Bonchev–Trinajstić information content (AvgIpc) is 2.64. The molecule has 1 unspecified atom stereocenters. The van der Waals surface area contributed by atoms with Crippen molar-refractivity contribution in [3.63, 3.8) is 0 Å². The third kappa shape index (κ3) is 5.71. The summed E-state index contributed by atoms with van der Waals surface area (Å²) in [6.07, 6.45) is 0.242. The SMILES string of the molecule is CC(C)(C)CC(CC(=O)O)NS(=O)(=O)c1cccs1. The lowest BCUT2D eigenvalue weighted by molar-refractivity contribution is -0.137. The van der Waals surface area contributed by atoms with E-state index >= 15 is 0 Å². The zero-order valence-corrected chi connectivity index (χ0v) is 12.8. The Kier molecular flexibility index (Phi) is 5.11. The summed E-state index contributed by atoms with van der Waals surface area (Å²) in [5.41, 5.74) is -0.155. The number of rotatable bonds is 6. The molecule has 1 aromatic heterocycles. The molecule has 0 aliphatic rings. The zero-order chi connectivity index (χ0) is 14.7. The van der Waals surface area contributed by atoms with Gasteiger partial charge in [-0.3, -0.25) is 4.79 Å². The van der Waals surface area contributed by atoms with Crippen molar-refractivity contribution in [3.8, 4) is 0 Å². The molecule has 0 saturated heterocycles. The van der Waals surface area contributed by atoms with Gasteiger partial charge in [0.25, 0.3) is 0 Å². The van der Waals surface area contributed by atoms with Crippen molar-refractivity contribution in [3.05, 3.63) is 17.5 Å². The fraction of sp³-hybridized carbons (Fsp3) is 0.583. The number of carboxylic acid groups (broad SMARTS) is 1. The van der Waals surface area contributed by atoms with Crippen LogP contribution in [0.3, 0.4) is 0 Å². The van der Waals surface area contributed by atoms with Crippen LogP contribution in [0.15, 0.2) is 21.7 Å². The summed E-state index contributed by atoms with van der Waals surface area (Å²) in [5, 5.41) is 10.5. The molecule has 0 aliphatic heterocycles. The largest absolute Gasteiger partial charge is 0.481 e. The molecule has 0 fully saturated rings. The van der Waals surface area contributed by atoms with Crippen LogP contribution in [0.4, 0.5) is 0 Å². The van der Waals surface area contributed by atoms with Crippen molar-refractivity contribution < 1.29 is 18.3 Å². The third-order valence-electron chi connectivity index (χ3n) is 2.36. The maximum Gasteiger partial charge on any atom is 0.304 e. The molecule has 5 nitrogen and oxygen atoms in total. The van der Waals surface area contributed by atoms with Crippen LogP contribution in [0.1, 0.15) is 33.6 Å². The van der Waals surface area contributed by atoms with E-state index in [0.29, 0.717) is 6.42 Å². The number of aliphatic carboxylic acids is 1. The number of sulfonamides is 1. The first-order chi connectivity index (χ1) is 8.60. The van der Waals surface area contributed by atoms with Gasteiger partial charge in [0, 0.05) is 6.04 Å². The first kappa shape index (κ1) is 16.1. The van der Waals surface area contributed by atoms with Gasteiger partial charge in [-0.15, -0.1) is 11.3 Å². The molecule has 0 radical (unpaired) electrons. The molecule has 0 aromatic carbocycles. The highest BCUT2D eigenvalue weighted by molar-refractivity contribution is 7.91. The van der Waals surface area contributed by atoms with E-state index in [9.17, 15) is 13.2 Å². The molecule has 2 N–H and O–H groups in total. The van der Waals surface area contributed by atoms with Crippen LogP contribution >= 0.6 is 11.3 Å². The Balaban J connectivity index is 2.85. The van der Waals surface area contributed by atoms with Crippen molar-refractivity contribution in [1.82, 2.24) is 4.72 Å². The molecule has 19 heavy (non-hydrogen) atoms. The van der Waals surface area contributed by atoms with E-state index < -0.39 is 22.0 Å². The number of carboxylic acids is 1. The van der Waals surface area contributed by atoms with Gasteiger partial charge in [-0.25, -0.2) is 13.1 Å². The molecular formula is C12H19NO4S2.